The van der Waals surface area contributed by atoms with Gasteiger partial charge in [0.2, 0.25) is 11.8 Å². The van der Waals surface area contributed by atoms with Crippen LogP contribution in [0.2, 0.25) is 0 Å². The molecule has 2 heterocycles. The molecule has 0 aromatic heterocycles. The van der Waals surface area contributed by atoms with Crippen LogP contribution in [-0.2, 0) is 22.6 Å². The molecule has 6 heteroatoms. The van der Waals surface area contributed by atoms with Crippen LogP contribution >= 0.6 is 12.4 Å². The number of rotatable bonds is 4. The molecule has 2 N–H and O–H groups in total. The van der Waals surface area contributed by atoms with E-state index in [-0.39, 0.29) is 30.3 Å². The van der Waals surface area contributed by atoms with Gasteiger partial charge in [-0.25, -0.2) is 0 Å². The number of hydrogen-bond donors (Lipinski definition) is 2. The molecule has 5 nitrogen and oxygen atoms in total. The summed E-state index contributed by atoms with van der Waals surface area (Å²) in [5.41, 5.74) is 2.49. The van der Waals surface area contributed by atoms with Crippen molar-refractivity contribution in [3.8, 4) is 0 Å². The van der Waals surface area contributed by atoms with Gasteiger partial charge in [-0.05, 0) is 36.8 Å². The van der Waals surface area contributed by atoms with Crippen LogP contribution in [0.5, 0.6) is 0 Å². The van der Waals surface area contributed by atoms with Gasteiger partial charge in [0.25, 0.3) is 0 Å². The summed E-state index contributed by atoms with van der Waals surface area (Å²) in [5.74, 6) is 0.151. The number of nitrogens with one attached hydrogen (secondary N) is 2. The molecule has 2 aliphatic heterocycles. The molecule has 1 aromatic rings. The van der Waals surface area contributed by atoms with Crippen LogP contribution in [0.4, 0.5) is 0 Å². The molecule has 1 saturated heterocycles. The molecule has 3 rings (SSSR count). The lowest BCUT2D eigenvalue weighted by atomic mass is 9.95. The molecule has 2 aliphatic rings. The maximum absolute atomic E-state index is 12.3. The number of hydrogen-bond acceptors (Lipinski definition) is 3. The second-order valence-corrected chi connectivity index (χ2v) is 6.39. The number of piperidine rings is 1. The largest absolute Gasteiger partial charge is 0.354 e. The second kappa shape index (κ2) is 9.04. The SMILES string of the molecule is Cl.O=C(NCCC(=O)N1CCCCC1)C1Cc2ccccc2CN1. The van der Waals surface area contributed by atoms with Crippen molar-refractivity contribution in [1.82, 2.24) is 15.5 Å². The third-order valence-corrected chi connectivity index (χ3v) is 4.74. The molecular formula is C18H26ClN3O2. The fourth-order valence-electron chi connectivity index (χ4n) is 3.36. The number of carbonyl (C=O) groups is 2. The van der Waals surface area contributed by atoms with Gasteiger partial charge in [-0.2, -0.15) is 0 Å². The van der Waals surface area contributed by atoms with E-state index < -0.39 is 0 Å². The standard InChI is InChI=1S/C18H25N3O2.ClH/c22-17(21-10-4-1-5-11-21)8-9-19-18(23)16-12-14-6-2-3-7-15(14)13-20-16;/h2-3,6-7,16,20H,1,4-5,8-13H2,(H,19,23);1H. The second-order valence-electron chi connectivity index (χ2n) is 6.39. The molecule has 1 unspecified atom stereocenters. The van der Waals surface area contributed by atoms with Crippen LogP contribution in [0, 0.1) is 0 Å². The average molecular weight is 352 g/mol. The average Bonchev–Trinajstić information content (AvgIpc) is 2.61. The van der Waals surface area contributed by atoms with Crippen molar-refractivity contribution in [3.05, 3.63) is 35.4 Å². The van der Waals surface area contributed by atoms with Gasteiger partial charge >= 0.3 is 0 Å². The number of benzene rings is 1. The van der Waals surface area contributed by atoms with E-state index in [1.165, 1.54) is 17.5 Å². The van der Waals surface area contributed by atoms with Gasteiger partial charge in [0.15, 0.2) is 0 Å². The maximum Gasteiger partial charge on any atom is 0.237 e. The Balaban J connectivity index is 0.00000208. The lowest BCUT2D eigenvalue weighted by molar-refractivity contribution is -0.132. The molecule has 0 bridgehead atoms. The zero-order valence-electron chi connectivity index (χ0n) is 13.9. The van der Waals surface area contributed by atoms with Crippen LogP contribution < -0.4 is 10.6 Å². The van der Waals surface area contributed by atoms with Crippen LogP contribution in [-0.4, -0.2) is 42.4 Å². The van der Waals surface area contributed by atoms with E-state index in [2.05, 4.69) is 22.8 Å². The molecule has 0 aliphatic carbocycles. The Labute approximate surface area is 149 Å². The van der Waals surface area contributed by atoms with E-state index in [1.54, 1.807) is 0 Å². The van der Waals surface area contributed by atoms with Crippen molar-refractivity contribution in [3.63, 3.8) is 0 Å². The first-order valence-electron chi connectivity index (χ1n) is 8.60. The van der Waals surface area contributed by atoms with Crippen LogP contribution in [0.25, 0.3) is 0 Å². The van der Waals surface area contributed by atoms with Crippen molar-refractivity contribution < 1.29 is 9.59 Å². The first-order valence-corrected chi connectivity index (χ1v) is 8.60. The highest BCUT2D eigenvalue weighted by atomic mass is 35.5. The third-order valence-electron chi connectivity index (χ3n) is 4.74. The van der Waals surface area contributed by atoms with Gasteiger partial charge in [0.1, 0.15) is 0 Å². The molecule has 0 saturated carbocycles. The van der Waals surface area contributed by atoms with Gasteiger partial charge in [0.05, 0.1) is 6.04 Å². The summed E-state index contributed by atoms with van der Waals surface area (Å²) in [7, 11) is 0. The zero-order valence-corrected chi connectivity index (χ0v) is 14.7. The Bertz CT molecular complexity index is 573. The number of carbonyl (C=O) groups excluding carboxylic acids is 2. The summed E-state index contributed by atoms with van der Waals surface area (Å²) in [6.45, 7) is 2.89. The fourth-order valence-corrected chi connectivity index (χ4v) is 3.36. The predicted octanol–water partition coefficient (Wildman–Crippen LogP) is 1.64. The summed E-state index contributed by atoms with van der Waals surface area (Å²) in [4.78, 5) is 26.3. The number of nitrogens with zero attached hydrogens (tertiary/aromatic N) is 1. The lowest BCUT2D eigenvalue weighted by Gasteiger charge is -2.27. The molecule has 132 valence electrons. The van der Waals surface area contributed by atoms with Crippen molar-refractivity contribution in [2.24, 2.45) is 0 Å². The summed E-state index contributed by atoms with van der Waals surface area (Å²) in [5, 5.41) is 6.17. The van der Waals surface area contributed by atoms with Crippen molar-refractivity contribution in [1.29, 1.82) is 0 Å². The smallest absolute Gasteiger partial charge is 0.237 e. The van der Waals surface area contributed by atoms with Crippen molar-refractivity contribution >= 4 is 24.2 Å². The molecule has 0 radical (unpaired) electrons. The molecule has 2 amide bonds. The van der Waals surface area contributed by atoms with Crippen molar-refractivity contribution in [2.75, 3.05) is 19.6 Å². The predicted molar refractivity (Wildman–Crippen MR) is 96.1 cm³/mol. The Hall–Kier alpha value is -1.59. The van der Waals surface area contributed by atoms with Gasteiger partial charge in [-0.1, -0.05) is 24.3 Å². The summed E-state index contributed by atoms with van der Waals surface area (Å²) in [6.07, 6.45) is 4.53. The van der Waals surface area contributed by atoms with Gasteiger partial charge in [-0.3, -0.25) is 9.59 Å². The first kappa shape index (κ1) is 18.7. The number of likely N-dealkylation sites (tertiary alicyclic amines) is 1. The van der Waals surface area contributed by atoms with Crippen molar-refractivity contribution in [2.45, 2.75) is 44.7 Å². The molecule has 1 aromatic carbocycles. The van der Waals surface area contributed by atoms with Crippen LogP contribution in [0.1, 0.15) is 36.8 Å². The highest BCUT2D eigenvalue weighted by Crippen LogP contribution is 2.16. The molecular weight excluding hydrogens is 326 g/mol. The molecule has 1 fully saturated rings. The number of amides is 2. The van der Waals surface area contributed by atoms with E-state index in [0.29, 0.717) is 19.4 Å². The minimum Gasteiger partial charge on any atom is -0.354 e. The minimum absolute atomic E-state index is 0. The zero-order chi connectivity index (χ0) is 16.1. The maximum atomic E-state index is 12.3. The van der Waals surface area contributed by atoms with E-state index in [4.69, 9.17) is 0 Å². The lowest BCUT2D eigenvalue weighted by Crippen LogP contribution is -2.48. The Morgan fingerprint density at radius 3 is 2.58 bits per heavy atom. The molecule has 0 spiro atoms. The fraction of sp³-hybridized carbons (Fsp3) is 0.556. The molecule has 24 heavy (non-hydrogen) atoms. The highest BCUT2D eigenvalue weighted by Gasteiger charge is 2.24. The summed E-state index contributed by atoms with van der Waals surface area (Å²) in [6, 6.07) is 8.00. The molecule has 1 atom stereocenters. The summed E-state index contributed by atoms with van der Waals surface area (Å²) < 4.78 is 0. The van der Waals surface area contributed by atoms with Gasteiger partial charge in [0, 0.05) is 32.6 Å². The quantitative estimate of drug-likeness (QED) is 0.867. The normalized spacial score (nSPS) is 19.8. The van der Waals surface area contributed by atoms with Crippen LogP contribution in [0.3, 0.4) is 0 Å². The minimum atomic E-state index is -0.199. The van der Waals surface area contributed by atoms with Crippen LogP contribution in [0.15, 0.2) is 24.3 Å². The topological polar surface area (TPSA) is 61.4 Å². The van der Waals surface area contributed by atoms with Gasteiger partial charge in [-0.15, -0.1) is 12.4 Å². The number of fused-ring (bicyclic) bond motifs is 1. The Kier molecular flexibility index (Phi) is 7.06. The first-order chi connectivity index (χ1) is 11.2. The van der Waals surface area contributed by atoms with E-state index in [9.17, 15) is 9.59 Å². The van der Waals surface area contributed by atoms with E-state index in [1.807, 2.05) is 17.0 Å². The third kappa shape index (κ3) is 4.71. The Morgan fingerprint density at radius 2 is 1.83 bits per heavy atom. The summed E-state index contributed by atoms with van der Waals surface area (Å²) >= 11 is 0. The van der Waals surface area contributed by atoms with E-state index >= 15 is 0 Å². The Morgan fingerprint density at radius 1 is 1.12 bits per heavy atom. The monoisotopic (exact) mass is 351 g/mol. The number of halogens is 1. The van der Waals surface area contributed by atoms with E-state index in [0.717, 1.165) is 32.5 Å². The highest BCUT2D eigenvalue weighted by molar-refractivity contribution is 5.85. The van der Waals surface area contributed by atoms with Gasteiger partial charge < -0.3 is 15.5 Å².